The highest BCUT2D eigenvalue weighted by Crippen LogP contribution is 2.38. The number of rotatable bonds is 2. The lowest BCUT2D eigenvalue weighted by Gasteiger charge is -2.32. The molecule has 0 spiro atoms. The summed E-state index contributed by atoms with van der Waals surface area (Å²) in [5.41, 5.74) is -0.122. The Kier molecular flexibility index (Phi) is 4.36. The van der Waals surface area contributed by atoms with Gasteiger partial charge in [0.05, 0.1) is 11.0 Å². The molecule has 1 aromatic rings. The molecule has 0 saturated heterocycles. The number of amides is 1. The van der Waals surface area contributed by atoms with Crippen LogP contribution in [0.4, 0.5) is 18.9 Å². The van der Waals surface area contributed by atoms with Gasteiger partial charge in [-0.3, -0.25) is 4.79 Å². The van der Waals surface area contributed by atoms with Crippen LogP contribution in [0.3, 0.4) is 0 Å². The summed E-state index contributed by atoms with van der Waals surface area (Å²) in [7, 11) is 0. The number of nitrogens with one attached hydrogen (secondary N) is 1. The molecule has 0 radical (unpaired) electrons. The molecule has 1 aliphatic rings. The number of hydrogen-bond acceptors (Lipinski definition) is 1. The molecule has 0 saturated carbocycles. The quantitative estimate of drug-likeness (QED) is 0.763. The lowest BCUT2D eigenvalue weighted by atomic mass is 9.74. The van der Waals surface area contributed by atoms with Gasteiger partial charge in [0.15, 0.2) is 0 Å². The van der Waals surface area contributed by atoms with Crippen molar-refractivity contribution in [3.05, 3.63) is 41.5 Å². The van der Waals surface area contributed by atoms with Gasteiger partial charge in [0.1, 0.15) is 0 Å². The standard InChI is InChI=1S/C17H20F3NO/c1-11-7-8-16(3,10-12(11)2)15(22)21-14-6-4-5-13(9-14)17(18,19)20/h4-6,9-11H,7-8H2,1-3H3,(H,21,22). The second kappa shape index (κ2) is 5.78. The van der Waals surface area contributed by atoms with E-state index in [1.807, 2.05) is 19.9 Å². The summed E-state index contributed by atoms with van der Waals surface area (Å²) < 4.78 is 38.1. The topological polar surface area (TPSA) is 29.1 Å². The fourth-order valence-corrected chi connectivity index (χ4v) is 2.69. The minimum absolute atomic E-state index is 0.172. The van der Waals surface area contributed by atoms with Crippen molar-refractivity contribution in [2.24, 2.45) is 11.3 Å². The molecule has 5 heteroatoms. The van der Waals surface area contributed by atoms with Gasteiger partial charge in [0.2, 0.25) is 5.91 Å². The number of carbonyl (C=O) groups excluding carboxylic acids is 1. The zero-order valence-electron chi connectivity index (χ0n) is 12.9. The number of alkyl halides is 3. The molecule has 1 amide bonds. The zero-order valence-corrected chi connectivity index (χ0v) is 12.9. The number of halogens is 3. The van der Waals surface area contributed by atoms with E-state index in [1.54, 1.807) is 0 Å². The maximum Gasteiger partial charge on any atom is 0.416 e. The monoisotopic (exact) mass is 311 g/mol. The summed E-state index contributed by atoms with van der Waals surface area (Å²) >= 11 is 0. The molecule has 0 aromatic heterocycles. The van der Waals surface area contributed by atoms with E-state index >= 15 is 0 Å². The Morgan fingerprint density at radius 1 is 1.36 bits per heavy atom. The van der Waals surface area contributed by atoms with Gasteiger partial charge in [-0.2, -0.15) is 13.2 Å². The van der Waals surface area contributed by atoms with Crippen LogP contribution in [0.5, 0.6) is 0 Å². The van der Waals surface area contributed by atoms with Crippen molar-refractivity contribution in [1.29, 1.82) is 0 Å². The van der Waals surface area contributed by atoms with Crippen LogP contribution in [0.15, 0.2) is 35.9 Å². The van der Waals surface area contributed by atoms with E-state index in [4.69, 9.17) is 0 Å². The van der Waals surface area contributed by atoms with E-state index in [1.165, 1.54) is 12.1 Å². The molecule has 0 bridgehead atoms. The van der Waals surface area contributed by atoms with E-state index in [0.717, 1.165) is 24.1 Å². The van der Waals surface area contributed by atoms with Gasteiger partial charge in [-0.05, 0) is 50.8 Å². The van der Waals surface area contributed by atoms with Gasteiger partial charge in [0, 0.05) is 5.69 Å². The van der Waals surface area contributed by atoms with Crippen molar-refractivity contribution in [1.82, 2.24) is 0 Å². The van der Waals surface area contributed by atoms with E-state index in [-0.39, 0.29) is 11.6 Å². The molecule has 120 valence electrons. The Morgan fingerprint density at radius 3 is 2.64 bits per heavy atom. The number of hydrogen-bond donors (Lipinski definition) is 1. The molecule has 0 heterocycles. The van der Waals surface area contributed by atoms with Crippen LogP contribution in [-0.2, 0) is 11.0 Å². The highest BCUT2D eigenvalue weighted by atomic mass is 19.4. The predicted molar refractivity (Wildman–Crippen MR) is 80.3 cm³/mol. The van der Waals surface area contributed by atoms with Crippen molar-refractivity contribution >= 4 is 11.6 Å². The number of anilines is 1. The Balaban J connectivity index is 2.19. The van der Waals surface area contributed by atoms with Crippen molar-refractivity contribution in [3.63, 3.8) is 0 Å². The summed E-state index contributed by atoms with van der Waals surface area (Å²) in [5.74, 6) is 0.174. The van der Waals surface area contributed by atoms with Crippen molar-refractivity contribution in [2.75, 3.05) is 5.32 Å². The normalized spacial score (nSPS) is 25.5. The zero-order chi connectivity index (χ0) is 16.5. The van der Waals surface area contributed by atoms with E-state index in [9.17, 15) is 18.0 Å². The lowest BCUT2D eigenvalue weighted by molar-refractivity contribution is -0.137. The maximum atomic E-state index is 12.7. The molecule has 2 nitrogen and oxygen atoms in total. The average Bonchev–Trinajstić information content (AvgIpc) is 2.43. The predicted octanol–water partition coefficient (Wildman–Crippen LogP) is 5.03. The van der Waals surface area contributed by atoms with Crippen molar-refractivity contribution < 1.29 is 18.0 Å². The smallest absolute Gasteiger partial charge is 0.325 e. The highest BCUT2D eigenvalue weighted by Gasteiger charge is 2.35. The number of carbonyl (C=O) groups is 1. The molecule has 22 heavy (non-hydrogen) atoms. The number of allylic oxidation sites excluding steroid dienone is 1. The molecule has 1 aliphatic carbocycles. The maximum absolute atomic E-state index is 12.7. The molecule has 2 atom stereocenters. The fraction of sp³-hybridized carbons (Fsp3) is 0.471. The molecule has 2 rings (SSSR count). The first-order valence-electron chi connectivity index (χ1n) is 7.30. The molecule has 0 fully saturated rings. The third-order valence-corrected chi connectivity index (χ3v) is 4.39. The molecule has 2 unspecified atom stereocenters. The van der Waals surface area contributed by atoms with Gasteiger partial charge in [-0.15, -0.1) is 0 Å². The first kappa shape index (κ1) is 16.6. The number of benzene rings is 1. The molecule has 1 N–H and O–H groups in total. The summed E-state index contributed by atoms with van der Waals surface area (Å²) in [6.07, 6.45) is -0.892. The Bertz CT molecular complexity index is 606. The summed E-state index contributed by atoms with van der Waals surface area (Å²) in [6.45, 7) is 5.92. The van der Waals surface area contributed by atoms with E-state index < -0.39 is 17.2 Å². The summed E-state index contributed by atoms with van der Waals surface area (Å²) in [6, 6.07) is 4.72. The second-order valence-corrected chi connectivity index (χ2v) is 6.28. The minimum Gasteiger partial charge on any atom is -0.325 e. The highest BCUT2D eigenvalue weighted by molar-refractivity contribution is 5.96. The first-order valence-corrected chi connectivity index (χ1v) is 7.30. The van der Waals surface area contributed by atoms with Gasteiger partial charge >= 0.3 is 6.18 Å². The Morgan fingerprint density at radius 2 is 2.05 bits per heavy atom. The molecule has 1 aromatic carbocycles. The molecular weight excluding hydrogens is 291 g/mol. The molecular formula is C17H20F3NO. The Labute approximate surface area is 128 Å². The lowest BCUT2D eigenvalue weighted by Crippen LogP contribution is -2.35. The summed E-state index contributed by atoms with van der Waals surface area (Å²) in [5, 5.41) is 2.62. The Hall–Kier alpha value is -1.78. The van der Waals surface area contributed by atoms with E-state index in [2.05, 4.69) is 12.2 Å². The van der Waals surface area contributed by atoms with Gasteiger partial charge in [-0.1, -0.05) is 24.6 Å². The third kappa shape index (κ3) is 3.51. The van der Waals surface area contributed by atoms with Crippen LogP contribution in [0.2, 0.25) is 0 Å². The fourth-order valence-electron chi connectivity index (χ4n) is 2.69. The van der Waals surface area contributed by atoms with Crippen molar-refractivity contribution in [3.8, 4) is 0 Å². The van der Waals surface area contributed by atoms with Crippen LogP contribution in [-0.4, -0.2) is 5.91 Å². The van der Waals surface area contributed by atoms with Crippen molar-refractivity contribution in [2.45, 2.75) is 39.8 Å². The van der Waals surface area contributed by atoms with Gasteiger partial charge < -0.3 is 5.32 Å². The van der Waals surface area contributed by atoms with Crippen LogP contribution >= 0.6 is 0 Å². The average molecular weight is 311 g/mol. The van der Waals surface area contributed by atoms with Crippen LogP contribution in [0.1, 0.15) is 39.2 Å². The second-order valence-electron chi connectivity index (χ2n) is 6.28. The molecule has 0 aliphatic heterocycles. The summed E-state index contributed by atoms with van der Waals surface area (Å²) in [4.78, 5) is 12.5. The van der Waals surface area contributed by atoms with Crippen LogP contribution in [0.25, 0.3) is 0 Å². The van der Waals surface area contributed by atoms with E-state index in [0.29, 0.717) is 12.3 Å². The van der Waals surface area contributed by atoms with Gasteiger partial charge in [-0.25, -0.2) is 0 Å². The largest absolute Gasteiger partial charge is 0.416 e. The van der Waals surface area contributed by atoms with Crippen LogP contribution < -0.4 is 5.32 Å². The SMILES string of the molecule is CC1=CC(C)(C(=O)Nc2cccc(C(F)(F)F)c2)CCC1C. The first-order chi connectivity index (χ1) is 10.1. The van der Waals surface area contributed by atoms with Crippen LogP contribution in [0, 0.1) is 11.3 Å². The third-order valence-electron chi connectivity index (χ3n) is 4.39. The minimum atomic E-state index is -4.42. The van der Waals surface area contributed by atoms with Gasteiger partial charge in [0.25, 0.3) is 0 Å².